The minimum atomic E-state index is -0.879. The van der Waals surface area contributed by atoms with Crippen LogP contribution in [0.5, 0.6) is 0 Å². The second-order valence-corrected chi connectivity index (χ2v) is 9.06. The van der Waals surface area contributed by atoms with Gasteiger partial charge in [0.15, 0.2) is 16.9 Å². The molecule has 0 bridgehead atoms. The number of Topliss-reactive ketones (excluding diaryl/α,β-unsaturated/α-hetero) is 1. The van der Waals surface area contributed by atoms with E-state index in [2.05, 4.69) is 32.0 Å². The van der Waals surface area contributed by atoms with Crippen LogP contribution in [-0.4, -0.2) is 26.1 Å². The quantitative estimate of drug-likeness (QED) is 0.307. The molecule has 2 aromatic heterocycles. The van der Waals surface area contributed by atoms with E-state index < -0.39 is 5.92 Å². The van der Waals surface area contributed by atoms with E-state index in [0.29, 0.717) is 10.2 Å². The van der Waals surface area contributed by atoms with Crippen molar-refractivity contribution in [2.24, 2.45) is 0 Å². The van der Waals surface area contributed by atoms with Crippen LogP contribution in [0.3, 0.4) is 0 Å². The number of hydrogen-bond donors (Lipinski definition) is 0. The van der Waals surface area contributed by atoms with Gasteiger partial charge in [-0.15, -0.1) is 11.3 Å². The Morgan fingerprint density at radius 1 is 1.20 bits per heavy atom. The number of benzene rings is 2. The molecule has 4 rings (SSSR count). The molecule has 0 aliphatic rings. The molecule has 0 aliphatic carbocycles. The Hall–Kier alpha value is -2.73. The summed E-state index contributed by atoms with van der Waals surface area (Å²) in [6.45, 7) is 0. The molecular formula is C22H15BrN4OS2. The highest BCUT2D eigenvalue weighted by molar-refractivity contribution is 9.10. The van der Waals surface area contributed by atoms with Crippen molar-refractivity contribution in [2.45, 2.75) is 11.1 Å². The third kappa shape index (κ3) is 4.54. The first-order valence-corrected chi connectivity index (χ1v) is 11.7. The van der Waals surface area contributed by atoms with Gasteiger partial charge in [0.2, 0.25) is 0 Å². The van der Waals surface area contributed by atoms with Crippen LogP contribution < -0.4 is 0 Å². The van der Waals surface area contributed by atoms with Crippen molar-refractivity contribution in [3.05, 3.63) is 81.9 Å². The third-order valence-corrected chi connectivity index (χ3v) is 6.77. The van der Waals surface area contributed by atoms with Gasteiger partial charge in [0, 0.05) is 33.5 Å². The molecule has 4 aromatic rings. The summed E-state index contributed by atoms with van der Waals surface area (Å²) < 4.78 is 2.91. The minimum Gasteiger partial charge on any atom is -0.297 e. The molecule has 2 heterocycles. The number of aromatic nitrogens is 3. The largest absolute Gasteiger partial charge is 0.297 e. The molecule has 0 spiro atoms. The van der Waals surface area contributed by atoms with Gasteiger partial charge in [0.1, 0.15) is 5.01 Å². The lowest BCUT2D eigenvalue weighted by atomic mass is 10.1. The normalized spacial score (nSPS) is 11.7. The lowest BCUT2D eigenvalue weighted by Crippen LogP contribution is -2.13. The number of halogens is 1. The maximum atomic E-state index is 12.8. The molecule has 1 atom stereocenters. The summed E-state index contributed by atoms with van der Waals surface area (Å²) in [7, 11) is 0. The average Bonchev–Trinajstić information content (AvgIpc) is 3.44. The second kappa shape index (κ2) is 9.39. The molecule has 0 saturated heterocycles. The molecule has 0 amide bonds. The van der Waals surface area contributed by atoms with E-state index in [1.54, 1.807) is 6.20 Å². The van der Waals surface area contributed by atoms with Crippen LogP contribution in [0, 0.1) is 11.3 Å². The highest BCUT2D eigenvalue weighted by atomic mass is 79.9. The zero-order valence-corrected chi connectivity index (χ0v) is 18.8. The maximum absolute atomic E-state index is 12.8. The predicted molar refractivity (Wildman–Crippen MR) is 123 cm³/mol. The van der Waals surface area contributed by atoms with E-state index >= 15 is 0 Å². The molecule has 0 aliphatic heterocycles. The molecule has 0 fully saturated rings. The van der Waals surface area contributed by atoms with E-state index in [9.17, 15) is 10.1 Å². The molecule has 0 N–H and O–H groups in total. The van der Waals surface area contributed by atoms with Crippen LogP contribution in [-0.2, 0) is 4.79 Å². The van der Waals surface area contributed by atoms with Crippen LogP contribution in [0.15, 0.2) is 82.0 Å². The molecule has 0 radical (unpaired) electrons. The topological polar surface area (TPSA) is 71.6 Å². The van der Waals surface area contributed by atoms with Crippen LogP contribution >= 0.6 is 39.0 Å². The summed E-state index contributed by atoms with van der Waals surface area (Å²) in [5.41, 5.74) is 2.70. The fourth-order valence-corrected chi connectivity index (χ4v) is 4.88. The molecule has 148 valence electrons. The fraction of sp³-hybridized carbons (Fsp3) is 0.0909. The zero-order valence-electron chi connectivity index (χ0n) is 15.6. The van der Waals surface area contributed by atoms with Crippen molar-refractivity contribution < 1.29 is 4.79 Å². The standard InChI is InChI=1S/C22H15BrN4OS2/c23-16-6-8-17(9-7-16)27-11-10-25-22(27)30-14-20(28)18(12-24)21-26-19(13-29-21)15-4-2-1-3-5-15/h1-11,13,18H,14H2. The monoisotopic (exact) mass is 494 g/mol. The summed E-state index contributed by atoms with van der Waals surface area (Å²) in [6, 6.07) is 19.7. The number of nitriles is 1. The molecule has 0 saturated carbocycles. The fourth-order valence-electron chi connectivity index (χ4n) is 2.84. The average molecular weight is 495 g/mol. The van der Waals surface area contributed by atoms with E-state index in [4.69, 9.17) is 0 Å². The first kappa shape index (κ1) is 20.5. The summed E-state index contributed by atoms with van der Waals surface area (Å²) in [5.74, 6) is -0.913. The van der Waals surface area contributed by atoms with Crippen molar-refractivity contribution >= 4 is 44.8 Å². The maximum Gasteiger partial charge on any atom is 0.173 e. The van der Waals surface area contributed by atoms with Crippen molar-refractivity contribution in [3.63, 3.8) is 0 Å². The summed E-state index contributed by atoms with van der Waals surface area (Å²) in [6.07, 6.45) is 3.55. The Morgan fingerprint density at radius 3 is 2.70 bits per heavy atom. The number of thiazole rings is 1. The predicted octanol–water partition coefficient (Wildman–Crippen LogP) is 5.73. The lowest BCUT2D eigenvalue weighted by Gasteiger charge is -2.08. The van der Waals surface area contributed by atoms with Gasteiger partial charge < -0.3 is 0 Å². The van der Waals surface area contributed by atoms with Crippen molar-refractivity contribution in [2.75, 3.05) is 5.75 Å². The van der Waals surface area contributed by atoms with Crippen LogP contribution in [0.2, 0.25) is 0 Å². The van der Waals surface area contributed by atoms with Crippen LogP contribution in [0.25, 0.3) is 16.9 Å². The molecule has 1 unspecified atom stereocenters. The number of rotatable bonds is 7. The Labute approximate surface area is 190 Å². The number of thioether (sulfide) groups is 1. The third-order valence-electron chi connectivity index (χ3n) is 4.34. The van der Waals surface area contributed by atoms with Gasteiger partial charge in [-0.2, -0.15) is 5.26 Å². The van der Waals surface area contributed by atoms with Gasteiger partial charge in [-0.25, -0.2) is 9.97 Å². The van der Waals surface area contributed by atoms with Crippen LogP contribution in [0.4, 0.5) is 0 Å². The molecular weight excluding hydrogens is 480 g/mol. The first-order valence-electron chi connectivity index (χ1n) is 9.01. The number of hydrogen-bond acceptors (Lipinski definition) is 6. The van der Waals surface area contributed by atoms with Gasteiger partial charge in [-0.05, 0) is 24.3 Å². The number of ketones is 1. The zero-order chi connectivity index (χ0) is 20.9. The van der Waals surface area contributed by atoms with E-state index in [1.807, 2.05) is 70.7 Å². The van der Waals surface area contributed by atoms with Gasteiger partial charge in [-0.3, -0.25) is 9.36 Å². The first-order chi connectivity index (χ1) is 14.7. The lowest BCUT2D eigenvalue weighted by molar-refractivity contribution is -0.116. The summed E-state index contributed by atoms with van der Waals surface area (Å²) in [4.78, 5) is 21.7. The Balaban J connectivity index is 1.47. The molecule has 5 nitrogen and oxygen atoms in total. The van der Waals surface area contributed by atoms with Gasteiger partial charge in [-0.1, -0.05) is 58.0 Å². The number of carbonyl (C=O) groups is 1. The Morgan fingerprint density at radius 2 is 1.97 bits per heavy atom. The number of carbonyl (C=O) groups excluding carboxylic acids is 1. The SMILES string of the molecule is N#CC(C(=O)CSc1nccn1-c1ccc(Br)cc1)c1nc(-c2ccccc2)cs1. The highest BCUT2D eigenvalue weighted by Crippen LogP contribution is 2.29. The smallest absolute Gasteiger partial charge is 0.173 e. The van der Waals surface area contributed by atoms with E-state index in [-0.39, 0.29) is 11.5 Å². The van der Waals surface area contributed by atoms with Crippen molar-refractivity contribution in [1.82, 2.24) is 14.5 Å². The van der Waals surface area contributed by atoms with Gasteiger partial charge in [0.25, 0.3) is 0 Å². The van der Waals surface area contributed by atoms with Crippen molar-refractivity contribution in [3.8, 4) is 23.0 Å². The van der Waals surface area contributed by atoms with Gasteiger partial charge >= 0.3 is 0 Å². The van der Waals surface area contributed by atoms with Gasteiger partial charge in [0.05, 0.1) is 17.5 Å². The minimum absolute atomic E-state index is 0.145. The molecule has 2 aromatic carbocycles. The van der Waals surface area contributed by atoms with E-state index in [1.165, 1.54) is 23.1 Å². The molecule has 8 heteroatoms. The summed E-state index contributed by atoms with van der Waals surface area (Å²) in [5, 5.41) is 12.7. The number of imidazole rings is 1. The second-order valence-electron chi connectivity index (χ2n) is 6.31. The Bertz CT molecular complexity index is 1200. The summed E-state index contributed by atoms with van der Waals surface area (Å²) >= 11 is 6.09. The Kier molecular flexibility index (Phi) is 6.43. The van der Waals surface area contributed by atoms with E-state index in [0.717, 1.165) is 21.4 Å². The molecule has 30 heavy (non-hydrogen) atoms. The van der Waals surface area contributed by atoms with Crippen molar-refractivity contribution in [1.29, 1.82) is 5.26 Å². The number of nitrogens with zero attached hydrogens (tertiary/aromatic N) is 4. The van der Waals surface area contributed by atoms with Crippen LogP contribution in [0.1, 0.15) is 10.9 Å². The highest BCUT2D eigenvalue weighted by Gasteiger charge is 2.24.